The normalized spacial score (nSPS) is 23.4. The van der Waals surface area contributed by atoms with Crippen LogP contribution in [0.1, 0.15) is 43.1 Å². The predicted molar refractivity (Wildman–Crippen MR) is 147 cm³/mol. The first-order valence-corrected chi connectivity index (χ1v) is 14.8. The molecule has 2 aliphatic rings. The van der Waals surface area contributed by atoms with E-state index < -0.39 is 27.1 Å². The van der Waals surface area contributed by atoms with E-state index in [2.05, 4.69) is 5.32 Å². The standard InChI is InChI=1S/C28H37FN4O5S/c1-20-9-12-27(22-7-5-4-6-8-22)39(36,37)33(20)18-23-10-11-24(17-25(23)29)31-14-15-32(21(2)34)26(19-31)28(35)30-13-16-38-3/h4-8,10-11,17,20,26-27H,9,12-16,18-19H2,1-3H3,(H,30,35)/t20-,26-,27?/m0/s1. The number of sulfonamides is 1. The topological polar surface area (TPSA) is 99.3 Å². The van der Waals surface area contributed by atoms with Crippen molar-refractivity contribution in [1.29, 1.82) is 0 Å². The number of amides is 2. The lowest BCUT2D eigenvalue weighted by atomic mass is 10.0. The third kappa shape index (κ3) is 6.42. The Hall–Kier alpha value is -3.02. The Morgan fingerprint density at radius 1 is 1.10 bits per heavy atom. The summed E-state index contributed by atoms with van der Waals surface area (Å²) < 4.78 is 48.9. The van der Waals surface area contributed by atoms with Gasteiger partial charge in [0.1, 0.15) is 17.1 Å². The first-order valence-electron chi connectivity index (χ1n) is 13.3. The fraction of sp³-hybridized carbons (Fsp3) is 0.500. The fourth-order valence-electron chi connectivity index (χ4n) is 5.39. The van der Waals surface area contributed by atoms with Gasteiger partial charge in [-0.1, -0.05) is 36.4 Å². The molecule has 39 heavy (non-hydrogen) atoms. The van der Waals surface area contributed by atoms with E-state index in [1.165, 1.54) is 29.3 Å². The molecule has 0 aliphatic carbocycles. The van der Waals surface area contributed by atoms with Crippen LogP contribution in [0.2, 0.25) is 0 Å². The number of ether oxygens (including phenoxy) is 1. The van der Waals surface area contributed by atoms with Gasteiger partial charge in [-0.25, -0.2) is 12.8 Å². The number of piperazine rings is 1. The summed E-state index contributed by atoms with van der Waals surface area (Å²) in [5.74, 6) is -0.998. The van der Waals surface area contributed by atoms with Gasteiger partial charge in [-0.05, 0) is 37.5 Å². The molecule has 2 heterocycles. The number of hydrogen-bond donors (Lipinski definition) is 1. The average molecular weight is 561 g/mol. The highest BCUT2D eigenvalue weighted by molar-refractivity contribution is 7.89. The second kappa shape index (κ2) is 12.4. The summed E-state index contributed by atoms with van der Waals surface area (Å²) in [6.07, 6.45) is 1.21. The van der Waals surface area contributed by atoms with E-state index in [0.29, 0.717) is 50.3 Å². The predicted octanol–water partition coefficient (Wildman–Crippen LogP) is 2.68. The Balaban J connectivity index is 1.50. The highest BCUT2D eigenvalue weighted by Crippen LogP contribution is 2.38. The molecule has 1 N–H and O–H groups in total. The number of halogens is 1. The van der Waals surface area contributed by atoms with E-state index in [-0.39, 0.29) is 30.9 Å². The first kappa shape index (κ1) is 29.0. The molecular formula is C28H37FN4O5S. The zero-order chi connectivity index (χ0) is 28.2. The van der Waals surface area contributed by atoms with Crippen molar-refractivity contribution in [1.82, 2.24) is 14.5 Å². The lowest BCUT2D eigenvalue weighted by Crippen LogP contribution is -2.60. The molecule has 1 unspecified atom stereocenters. The number of carbonyl (C=O) groups is 2. The van der Waals surface area contributed by atoms with Crippen molar-refractivity contribution in [3.8, 4) is 0 Å². The molecule has 3 atom stereocenters. The van der Waals surface area contributed by atoms with Crippen LogP contribution in [0.15, 0.2) is 48.5 Å². The minimum atomic E-state index is -3.69. The summed E-state index contributed by atoms with van der Waals surface area (Å²) in [4.78, 5) is 28.4. The maximum Gasteiger partial charge on any atom is 0.244 e. The maximum atomic E-state index is 15.4. The Bertz CT molecular complexity index is 1280. The number of carbonyl (C=O) groups excluding carboxylic acids is 2. The SMILES string of the molecule is COCCNC(=O)[C@@H]1CN(c2ccc(CN3[C@@H](C)CCC(c4ccccc4)S3(=O)=O)c(F)c2)CCN1C(C)=O. The van der Waals surface area contributed by atoms with Crippen molar-refractivity contribution in [2.24, 2.45) is 0 Å². The van der Waals surface area contributed by atoms with Gasteiger partial charge in [0.15, 0.2) is 0 Å². The summed E-state index contributed by atoms with van der Waals surface area (Å²) >= 11 is 0. The van der Waals surface area contributed by atoms with Gasteiger partial charge in [0.2, 0.25) is 21.8 Å². The first-order chi connectivity index (χ1) is 18.6. The van der Waals surface area contributed by atoms with Gasteiger partial charge in [-0.2, -0.15) is 4.31 Å². The summed E-state index contributed by atoms with van der Waals surface area (Å²) in [7, 11) is -2.15. The van der Waals surface area contributed by atoms with Crippen LogP contribution >= 0.6 is 0 Å². The summed E-state index contributed by atoms with van der Waals surface area (Å²) in [5.41, 5.74) is 1.61. The molecule has 0 aromatic heterocycles. The lowest BCUT2D eigenvalue weighted by Gasteiger charge is -2.41. The van der Waals surface area contributed by atoms with Gasteiger partial charge in [-0.15, -0.1) is 0 Å². The van der Waals surface area contributed by atoms with Gasteiger partial charge in [0.05, 0.1) is 6.61 Å². The van der Waals surface area contributed by atoms with Crippen molar-refractivity contribution in [3.05, 3.63) is 65.5 Å². The number of anilines is 1. The molecule has 0 saturated carbocycles. The van der Waals surface area contributed by atoms with Crippen LogP contribution < -0.4 is 10.2 Å². The molecule has 212 valence electrons. The lowest BCUT2D eigenvalue weighted by molar-refractivity contribution is -0.139. The van der Waals surface area contributed by atoms with Crippen LogP contribution in [0.25, 0.3) is 0 Å². The van der Waals surface area contributed by atoms with Crippen molar-refractivity contribution in [2.45, 2.75) is 50.6 Å². The molecule has 2 aromatic rings. The molecule has 4 rings (SSSR count). The number of nitrogens with one attached hydrogen (secondary N) is 1. The van der Waals surface area contributed by atoms with E-state index in [0.717, 1.165) is 5.56 Å². The highest BCUT2D eigenvalue weighted by Gasteiger charge is 2.41. The molecule has 2 saturated heterocycles. The minimum absolute atomic E-state index is 0.0540. The minimum Gasteiger partial charge on any atom is -0.383 e. The maximum absolute atomic E-state index is 15.4. The zero-order valence-electron chi connectivity index (χ0n) is 22.7. The summed E-state index contributed by atoms with van der Waals surface area (Å²) in [6.45, 7) is 4.89. The van der Waals surface area contributed by atoms with Crippen LogP contribution in [-0.4, -0.2) is 81.4 Å². The molecule has 9 nitrogen and oxygen atoms in total. The molecule has 11 heteroatoms. The van der Waals surface area contributed by atoms with Gasteiger partial charge in [0.25, 0.3) is 0 Å². The molecule has 0 spiro atoms. The van der Waals surface area contributed by atoms with Crippen molar-refractivity contribution in [2.75, 3.05) is 44.8 Å². The summed E-state index contributed by atoms with van der Waals surface area (Å²) in [6, 6.07) is 12.9. The van der Waals surface area contributed by atoms with E-state index in [9.17, 15) is 18.0 Å². The Labute approximate surface area is 230 Å². The summed E-state index contributed by atoms with van der Waals surface area (Å²) in [5, 5.41) is 2.13. The molecule has 2 aliphatic heterocycles. The number of rotatable bonds is 8. The Morgan fingerprint density at radius 2 is 1.85 bits per heavy atom. The molecule has 0 radical (unpaired) electrons. The van der Waals surface area contributed by atoms with E-state index >= 15 is 4.39 Å². The van der Waals surface area contributed by atoms with Crippen molar-refractivity contribution in [3.63, 3.8) is 0 Å². The van der Waals surface area contributed by atoms with Crippen molar-refractivity contribution < 1.29 is 27.1 Å². The quantitative estimate of drug-likeness (QED) is 0.499. The van der Waals surface area contributed by atoms with Crippen LogP contribution in [0.3, 0.4) is 0 Å². The van der Waals surface area contributed by atoms with E-state index in [1.54, 1.807) is 12.1 Å². The number of hydrogen-bond acceptors (Lipinski definition) is 6. The second-order valence-electron chi connectivity index (χ2n) is 10.1. The van der Waals surface area contributed by atoms with Crippen LogP contribution in [-0.2, 0) is 30.9 Å². The largest absolute Gasteiger partial charge is 0.383 e. The number of methoxy groups -OCH3 is 1. The molecule has 2 aromatic carbocycles. The van der Waals surface area contributed by atoms with Crippen LogP contribution in [0.5, 0.6) is 0 Å². The van der Waals surface area contributed by atoms with Gasteiger partial charge in [-0.3, -0.25) is 9.59 Å². The zero-order valence-corrected chi connectivity index (χ0v) is 23.5. The van der Waals surface area contributed by atoms with Gasteiger partial charge in [0, 0.05) is 64.0 Å². The number of nitrogens with zero attached hydrogens (tertiary/aromatic N) is 3. The average Bonchev–Trinajstić information content (AvgIpc) is 2.91. The highest BCUT2D eigenvalue weighted by atomic mass is 32.2. The molecule has 2 amide bonds. The third-order valence-corrected chi connectivity index (χ3v) is 9.99. The van der Waals surface area contributed by atoms with Crippen LogP contribution in [0.4, 0.5) is 10.1 Å². The second-order valence-corrected chi connectivity index (χ2v) is 12.2. The van der Waals surface area contributed by atoms with Gasteiger partial charge < -0.3 is 19.9 Å². The Morgan fingerprint density at radius 3 is 2.51 bits per heavy atom. The van der Waals surface area contributed by atoms with Gasteiger partial charge >= 0.3 is 0 Å². The molecule has 2 fully saturated rings. The van der Waals surface area contributed by atoms with E-state index in [1.807, 2.05) is 42.2 Å². The monoisotopic (exact) mass is 560 g/mol. The Kier molecular flexibility index (Phi) is 9.24. The van der Waals surface area contributed by atoms with Crippen LogP contribution in [0, 0.1) is 5.82 Å². The van der Waals surface area contributed by atoms with E-state index in [4.69, 9.17) is 4.74 Å². The third-order valence-electron chi connectivity index (χ3n) is 7.62. The molecule has 0 bridgehead atoms. The smallest absolute Gasteiger partial charge is 0.244 e. The molecular weight excluding hydrogens is 523 g/mol. The number of benzene rings is 2. The van der Waals surface area contributed by atoms with Crippen molar-refractivity contribution >= 4 is 27.5 Å². The fourth-order valence-corrected chi connectivity index (χ4v) is 7.58.